The lowest BCUT2D eigenvalue weighted by atomic mass is 10.1. The molecule has 114 valence electrons. The van der Waals surface area contributed by atoms with E-state index in [0.717, 1.165) is 30.9 Å². The first-order chi connectivity index (χ1) is 10.1. The fourth-order valence-electron chi connectivity index (χ4n) is 2.49. The molecule has 1 aromatic carbocycles. The molecule has 5 heteroatoms. The second kappa shape index (κ2) is 7.22. The quantitative estimate of drug-likeness (QED) is 0.836. The van der Waals surface area contributed by atoms with Gasteiger partial charge in [-0.2, -0.15) is 0 Å². The number of para-hydroxylation sites is 1. The lowest BCUT2D eigenvalue weighted by molar-refractivity contribution is -0.123. The van der Waals surface area contributed by atoms with E-state index in [1.165, 1.54) is 0 Å². The van der Waals surface area contributed by atoms with Crippen molar-refractivity contribution in [2.75, 3.05) is 25.0 Å². The largest absolute Gasteiger partial charge is 0.355 e. The van der Waals surface area contributed by atoms with Crippen LogP contribution in [0.4, 0.5) is 5.69 Å². The highest BCUT2D eigenvalue weighted by atomic mass is 16.2. The Morgan fingerprint density at radius 2 is 2.05 bits per heavy atom. The van der Waals surface area contributed by atoms with Crippen molar-refractivity contribution in [3.63, 3.8) is 0 Å². The van der Waals surface area contributed by atoms with Crippen LogP contribution in [-0.4, -0.2) is 36.3 Å². The lowest BCUT2D eigenvalue weighted by Crippen LogP contribution is -2.26. The molecule has 2 amide bonds. The maximum Gasteiger partial charge on any atom is 0.229 e. The zero-order valence-electron chi connectivity index (χ0n) is 12.7. The van der Waals surface area contributed by atoms with Gasteiger partial charge in [0.15, 0.2) is 0 Å². The number of hydrogen-bond acceptors (Lipinski definition) is 3. The Bertz CT molecular complexity index is 512. The fourth-order valence-corrected chi connectivity index (χ4v) is 2.49. The van der Waals surface area contributed by atoms with E-state index in [1.54, 1.807) is 0 Å². The molecule has 1 aliphatic rings. The van der Waals surface area contributed by atoms with Crippen molar-refractivity contribution >= 4 is 17.5 Å². The van der Waals surface area contributed by atoms with E-state index < -0.39 is 0 Å². The zero-order chi connectivity index (χ0) is 15.2. The van der Waals surface area contributed by atoms with Crippen molar-refractivity contribution in [2.24, 2.45) is 5.92 Å². The third-order valence-electron chi connectivity index (χ3n) is 3.91. The van der Waals surface area contributed by atoms with E-state index in [0.29, 0.717) is 6.54 Å². The van der Waals surface area contributed by atoms with Crippen molar-refractivity contribution in [1.29, 1.82) is 0 Å². The average Bonchev–Trinajstić information content (AvgIpc) is 2.93. The molecule has 21 heavy (non-hydrogen) atoms. The van der Waals surface area contributed by atoms with Gasteiger partial charge in [-0.15, -0.1) is 0 Å². The van der Waals surface area contributed by atoms with Crippen LogP contribution in [0, 0.1) is 5.92 Å². The molecular formula is C16H23N3O2. The van der Waals surface area contributed by atoms with Crippen LogP contribution in [0.2, 0.25) is 0 Å². The van der Waals surface area contributed by atoms with Crippen molar-refractivity contribution in [3.05, 3.63) is 29.8 Å². The molecule has 2 rings (SSSR count). The van der Waals surface area contributed by atoms with Gasteiger partial charge in [0, 0.05) is 25.2 Å². The van der Waals surface area contributed by atoms with Gasteiger partial charge >= 0.3 is 0 Å². The normalized spacial score (nSPS) is 17.9. The van der Waals surface area contributed by atoms with Crippen molar-refractivity contribution in [3.8, 4) is 0 Å². The van der Waals surface area contributed by atoms with Crippen LogP contribution in [0.15, 0.2) is 24.3 Å². The summed E-state index contributed by atoms with van der Waals surface area (Å²) in [5.74, 6) is -0.397. The molecule has 1 saturated heterocycles. The van der Waals surface area contributed by atoms with Gasteiger partial charge in [-0.05, 0) is 24.7 Å². The third-order valence-corrected chi connectivity index (χ3v) is 3.91. The minimum absolute atomic E-state index is 0.0495. The number of rotatable bonds is 6. The number of carbonyl (C=O) groups is 2. The number of anilines is 1. The monoisotopic (exact) mass is 289 g/mol. The van der Waals surface area contributed by atoms with Crippen LogP contribution in [-0.2, 0) is 16.1 Å². The molecule has 1 aromatic rings. The number of amides is 2. The van der Waals surface area contributed by atoms with Gasteiger partial charge in [-0.1, -0.05) is 32.0 Å². The summed E-state index contributed by atoms with van der Waals surface area (Å²) in [5.41, 5.74) is 1.94. The first kappa shape index (κ1) is 15.5. The van der Waals surface area contributed by atoms with Crippen molar-refractivity contribution in [2.45, 2.75) is 26.8 Å². The van der Waals surface area contributed by atoms with E-state index in [1.807, 2.05) is 24.3 Å². The highest BCUT2D eigenvalue weighted by Crippen LogP contribution is 2.19. The SMILES string of the molecule is CCN(CC)Cc1ccccc1NC(=O)C1CNC(=O)C1. The van der Waals surface area contributed by atoms with Gasteiger partial charge in [0.25, 0.3) is 0 Å². The first-order valence-corrected chi connectivity index (χ1v) is 7.51. The van der Waals surface area contributed by atoms with Gasteiger partial charge in [0.05, 0.1) is 5.92 Å². The molecule has 0 aliphatic carbocycles. The minimum Gasteiger partial charge on any atom is -0.355 e. The second-order valence-electron chi connectivity index (χ2n) is 5.31. The smallest absolute Gasteiger partial charge is 0.229 e. The van der Waals surface area contributed by atoms with E-state index in [9.17, 15) is 9.59 Å². The Labute approximate surface area is 125 Å². The summed E-state index contributed by atoms with van der Waals surface area (Å²) in [6.45, 7) is 7.44. The summed E-state index contributed by atoms with van der Waals surface area (Å²) in [5, 5.41) is 5.66. The molecule has 0 saturated carbocycles. The fraction of sp³-hybridized carbons (Fsp3) is 0.500. The summed E-state index contributed by atoms with van der Waals surface area (Å²) >= 11 is 0. The topological polar surface area (TPSA) is 61.4 Å². The molecule has 0 spiro atoms. The predicted octanol–water partition coefficient (Wildman–Crippen LogP) is 1.60. The number of nitrogens with zero attached hydrogens (tertiary/aromatic N) is 1. The van der Waals surface area contributed by atoms with Crippen LogP contribution < -0.4 is 10.6 Å². The Morgan fingerprint density at radius 1 is 1.33 bits per heavy atom. The van der Waals surface area contributed by atoms with Crippen molar-refractivity contribution < 1.29 is 9.59 Å². The number of nitrogens with one attached hydrogen (secondary N) is 2. The van der Waals surface area contributed by atoms with E-state index in [2.05, 4.69) is 29.4 Å². The summed E-state index contributed by atoms with van der Waals surface area (Å²) < 4.78 is 0. The Morgan fingerprint density at radius 3 is 2.67 bits per heavy atom. The molecular weight excluding hydrogens is 266 g/mol. The molecule has 1 atom stereocenters. The highest BCUT2D eigenvalue weighted by Gasteiger charge is 2.28. The predicted molar refractivity (Wildman–Crippen MR) is 82.8 cm³/mol. The molecule has 0 aromatic heterocycles. The molecule has 5 nitrogen and oxygen atoms in total. The van der Waals surface area contributed by atoms with E-state index in [4.69, 9.17) is 0 Å². The summed E-state index contributed by atoms with van der Waals surface area (Å²) in [6.07, 6.45) is 0.282. The molecule has 1 fully saturated rings. The molecule has 1 unspecified atom stereocenters. The molecule has 1 aliphatic heterocycles. The maximum atomic E-state index is 12.2. The van der Waals surface area contributed by atoms with Gasteiger partial charge < -0.3 is 10.6 Å². The molecule has 0 bridgehead atoms. The summed E-state index contributed by atoms with van der Waals surface area (Å²) in [6, 6.07) is 7.85. The van der Waals surface area contributed by atoms with Crippen LogP contribution in [0.3, 0.4) is 0 Å². The summed E-state index contributed by atoms with van der Waals surface area (Å²) in [4.78, 5) is 25.7. The first-order valence-electron chi connectivity index (χ1n) is 7.51. The Balaban J connectivity index is 2.05. The lowest BCUT2D eigenvalue weighted by Gasteiger charge is -2.20. The van der Waals surface area contributed by atoms with Gasteiger partial charge in [0.1, 0.15) is 0 Å². The number of hydrogen-bond donors (Lipinski definition) is 2. The molecule has 1 heterocycles. The Kier molecular flexibility index (Phi) is 5.33. The van der Waals surface area contributed by atoms with Gasteiger partial charge in [-0.3, -0.25) is 14.5 Å². The van der Waals surface area contributed by atoms with Gasteiger partial charge in [-0.25, -0.2) is 0 Å². The second-order valence-corrected chi connectivity index (χ2v) is 5.31. The van der Waals surface area contributed by atoms with E-state index >= 15 is 0 Å². The highest BCUT2D eigenvalue weighted by molar-refractivity contribution is 5.97. The molecule has 2 N–H and O–H groups in total. The number of benzene rings is 1. The van der Waals surface area contributed by atoms with Crippen LogP contribution in [0.1, 0.15) is 25.8 Å². The minimum atomic E-state index is -0.265. The molecule has 0 radical (unpaired) electrons. The third kappa shape index (κ3) is 4.04. The van der Waals surface area contributed by atoms with Crippen molar-refractivity contribution in [1.82, 2.24) is 10.2 Å². The number of carbonyl (C=O) groups excluding carboxylic acids is 2. The van der Waals surface area contributed by atoms with Gasteiger partial charge in [0.2, 0.25) is 11.8 Å². The van der Waals surface area contributed by atoms with E-state index in [-0.39, 0.29) is 24.2 Å². The zero-order valence-corrected chi connectivity index (χ0v) is 12.7. The average molecular weight is 289 g/mol. The van der Waals surface area contributed by atoms with Crippen LogP contribution in [0.25, 0.3) is 0 Å². The maximum absolute atomic E-state index is 12.2. The standard InChI is InChI=1S/C16H23N3O2/c1-3-19(4-2)11-12-7-5-6-8-14(12)18-16(21)13-9-15(20)17-10-13/h5-8,13H,3-4,9-11H2,1-2H3,(H,17,20)(H,18,21). The summed E-state index contributed by atoms with van der Waals surface area (Å²) in [7, 11) is 0. The van der Waals surface area contributed by atoms with Crippen LogP contribution in [0.5, 0.6) is 0 Å². The van der Waals surface area contributed by atoms with Crippen LogP contribution >= 0.6 is 0 Å². The Hall–Kier alpha value is -1.88.